The third-order valence-electron chi connectivity index (χ3n) is 5.17. The molecule has 0 N–H and O–H groups in total. The summed E-state index contributed by atoms with van der Waals surface area (Å²) in [5.41, 5.74) is 5.28. The van der Waals surface area contributed by atoms with E-state index in [1.54, 1.807) is 22.3 Å². The van der Waals surface area contributed by atoms with Crippen molar-refractivity contribution < 1.29 is 0 Å². The van der Waals surface area contributed by atoms with Gasteiger partial charge in [0.25, 0.3) is 0 Å². The Morgan fingerprint density at radius 2 is 1.93 bits per heavy atom. The zero-order valence-electron chi connectivity index (χ0n) is 16.7. The summed E-state index contributed by atoms with van der Waals surface area (Å²) in [5.74, 6) is 1.34. The molecule has 4 heterocycles. The number of thiophene rings is 1. The SMILES string of the molecule is CCC(CC)c1cc(C)nn2c(-c3sc(-c4ncnn4C)cc3Br)c(C)nc12. The van der Waals surface area contributed by atoms with Gasteiger partial charge in [0.2, 0.25) is 0 Å². The summed E-state index contributed by atoms with van der Waals surface area (Å²) in [4.78, 5) is 11.5. The molecule has 146 valence electrons. The van der Waals surface area contributed by atoms with Crippen LogP contribution in [0.25, 0.3) is 26.9 Å². The molecule has 0 bridgehead atoms. The second-order valence-electron chi connectivity index (χ2n) is 7.03. The Morgan fingerprint density at radius 1 is 1.18 bits per heavy atom. The molecule has 0 spiro atoms. The first-order chi connectivity index (χ1) is 13.4. The van der Waals surface area contributed by atoms with Crippen LogP contribution in [0.1, 0.15) is 49.6 Å². The van der Waals surface area contributed by atoms with Crippen LogP contribution in [0.5, 0.6) is 0 Å². The molecule has 6 nitrogen and oxygen atoms in total. The molecule has 4 aromatic heterocycles. The molecule has 0 radical (unpaired) electrons. The summed E-state index contributed by atoms with van der Waals surface area (Å²) in [6.45, 7) is 8.59. The lowest BCUT2D eigenvalue weighted by atomic mass is 9.95. The molecule has 0 unspecified atom stereocenters. The molecule has 8 heteroatoms. The minimum Gasteiger partial charge on any atom is -0.248 e. The van der Waals surface area contributed by atoms with Gasteiger partial charge >= 0.3 is 0 Å². The number of aromatic nitrogens is 6. The molecular formula is C20H23BrN6S. The molecule has 0 atom stereocenters. The highest BCUT2D eigenvalue weighted by atomic mass is 79.9. The maximum Gasteiger partial charge on any atom is 0.167 e. The first-order valence-electron chi connectivity index (χ1n) is 9.45. The van der Waals surface area contributed by atoms with Crippen molar-refractivity contribution in [2.24, 2.45) is 7.05 Å². The number of rotatable bonds is 5. The molecule has 0 aliphatic heterocycles. The molecule has 0 aliphatic carbocycles. The van der Waals surface area contributed by atoms with E-state index in [1.807, 2.05) is 11.6 Å². The summed E-state index contributed by atoms with van der Waals surface area (Å²) in [7, 11) is 1.90. The van der Waals surface area contributed by atoms with Crippen LogP contribution in [0.3, 0.4) is 0 Å². The van der Waals surface area contributed by atoms with Crippen LogP contribution in [0.2, 0.25) is 0 Å². The molecule has 0 aromatic carbocycles. The maximum atomic E-state index is 4.93. The van der Waals surface area contributed by atoms with Crippen LogP contribution in [0.15, 0.2) is 22.9 Å². The highest BCUT2D eigenvalue weighted by molar-refractivity contribution is 9.10. The van der Waals surface area contributed by atoms with Crippen molar-refractivity contribution in [3.05, 3.63) is 39.9 Å². The van der Waals surface area contributed by atoms with Gasteiger partial charge < -0.3 is 0 Å². The number of fused-ring (bicyclic) bond motifs is 1. The van der Waals surface area contributed by atoms with Crippen molar-refractivity contribution in [2.75, 3.05) is 0 Å². The van der Waals surface area contributed by atoms with E-state index >= 15 is 0 Å². The van der Waals surface area contributed by atoms with Crippen LogP contribution < -0.4 is 0 Å². The summed E-state index contributed by atoms with van der Waals surface area (Å²) in [6.07, 6.45) is 3.76. The Hall–Kier alpha value is -2.06. The first kappa shape index (κ1) is 19.3. The van der Waals surface area contributed by atoms with Gasteiger partial charge in [0, 0.05) is 17.1 Å². The monoisotopic (exact) mass is 458 g/mol. The number of nitrogens with zero attached hydrogens (tertiary/aromatic N) is 6. The Bertz CT molecular complexity index is 1150. The standard InChI is InChI=1S/C20H23BrN6S/c1-6-13(7-2)14-8-11(3)25-27-17(12(4)24-19(14)27)18-15(21)9-16(28-18)20-22-10-23-26(20)5/h8-10,13H,6-7H2,1-5H3. The summed E-state index contributed by atoms with van der Waals surface area (Å²) in [6, 6.07) is 4.29. The van der Waals surface area contributed by atoms with Crippen LogP contribution in [-0.4, -0.2) is 29.4 Å². The number of imidazole rings is 1. The van der Waals surface area contributed by atoms with E-state index < -0.39 is 0 Å². The second-order valence-corrected chi connectivity index (χ2v) is 8.94. The third-order valence-corrected chi connectivity index (χ3v) is 7.19. The molecule has 0 amide bonds. The van der Waals surface area contributed by atoms with Gasteiger partial charge in [-0.15, -0.1) is 11.3 Å². The predicted molar refractivity (Wildman–Crippen MR) is 117 cm³/mol. The molecule has 4 aromatic rings. The first-order valence-corrected chi connectivity index (χ1v) is 11.1. The Kier molecular flexibility index (Phi) is 5.09. The van der Waals surface area contributed by atoms with Crippen molar-refractivity contribution in [1.82, 2.24) is 29.4 Å². The van der Waals surface area contributed by atoms with Gasteiger partial charge in [-0.05, 0) is 60.7 Å². The van der Waals surface area contributed by atoms with Gasteiger partial charge in [0.05, 0.1) is 21.1 Å². The van der Waals surface area contributed by atoms with Gasteiger partial charge in [-0.3, -0.25) is 0 Å². The van der Waals surface area contributed by atoms with E-state index in [9.17, 15) is 0 Å². The van der Waals surface area contributed by atoms with Crippen LogP contribution in [0.4, 0.5) is 0 Å². The lowest BCUT2D eigenvalue weighted by Crippen LogP contribution is -2.04. The average Bonchev–Trinajstić information content (AvgIpc) is 3.32. The van der Waals surface area contributed by atoms with Crippen molar-refractivity contribution in [3.8, 4) is 21.3 Å². The van der Waals surface area contributed by atoms with Crippen molar-refractivity contribution in [3.63, 3.8) is 0 Å². The highest BCUT2D eigenvalue weighted by Gasteiger charge is 2.23. The van der Waals surface area contributed by atoms with E-state index in [-0.39, 0.29) is 0 Å². The molecule has 28 heavy (non-hydrogen) atoms. The van der Waals surface area contributed by atoms with Crippen molar-refractivity contribution in [2.45, 2.75) is 46.5 Å². The minimum atomic E-state index is 0.486. The molecular weight excluding hydrogens is 436 g/mol. The van der Waals surface area contributed by atoms with E-state index in [1.165, 1.54) is 5.56 Å². The smallest absolute Gasteiger partial charge is 0.167 e. The quantitative estimate of drug-likeness (QED) is 0.393. The van der Waals surface area contributed by atoms with Gasteiger partial charge in [-0.25, -0.2) is 19.2 Å². The lowest BCUT2D eigenvalue weighted by Gasteiger charge is -2.14. The summed E-state index contributed by atoms with van der Waals surface area (Å²) < 4.78 is 4.83. The lowest BCUT2D eigenvalue weighted by molar-refractivity contribution is 0.638. The zero-order chi connectivity index (χ0) is 20.0. The Labute approximate surface area is 176 Å². The summed E-state index contributed by atoms with van der Waals surface area (Å²) in [5, 5.41) is 9.01. The predicted octanol–water partition coefficient (Wildman–Crippen LogP) is 5.54. The van der Waals surface area contributed by atoms with Crippen molar-refractivity contribution in [1.29, 1.82) is 0 Å². The van der Waals surface area contributed by atoms with Crippen LogP contribution >= 0.6 is 27.3 Å². The van der Waals surface area contributed by atoms with E-state index in [4.69, 9.17) is 10.1 Å². The Balaban J connectivity index is 1.94. The number of hydrogen-bond acceptors (Lipinski definition) is 5. The second kappa shape index (κ2) is 7.40. The van der Waals surface area contributed by atoms with Crippen molar-refractivity contribution >= 4 is 32.9 Å². The van der Waals surface area contributed by atoms with Crippen LogP contribution in [0, 0.1) is 13.8 Å². The minimum absolute atomic E-state index is 0.486. The van der Waals surface area contributed by atoms with E-state index in [0.29, 0.717) is 5.92 Å². The number of aryl methyl sites for hydroxylation is 3. The van der Waals surface area contributed by atoms with Gasteiger partial charge in [0.15, 0.2) is 11.5 Å². The number of halogens is 1. The van der Waals surface area contributed by atoms with E-state index in [2.05, 4.69) is 65.8 Å². The normalized spacial score (nSPS) is 11.8. The maximum absolute atomic E-state index is 4.93. The third kappa shape index (κ3) is 3.08. The topological polar surface area (TPSA) is 60.9 Å². The highest BCUT2D eigenvalue weighted by Crippen LogP contribution is 2.42. The fourth-order valence-electron chi connectivity index (χ4n) is 3.73. The molecule has 0 aliphatic rings. The average molecular weight is 459 g/mol. The molecule has 0 fully saturated rings. The van der Waals surface area contributed by atoms with E-state index in [0.717, 1.165) is 55.6 Å². The van der Waals surface area contributed by atoms with Crippen LogP contribution in [-0.2, 0) is 7.05 Å². The fraction of sp³-hybridized carbons (Fsp3) is 0.400. The zero-order valence-corrected chi connectivity index (χ0v) is 19.1. The summed E-state index contributed by atoms with van der Waals surface area (Å²) >= 11 is 5.42. The van der Waals surface area contributed by atoms with Gasteiger partial charge in [-0.2, -0.15) is 10.2 Å². The fourth-order valence-corrected chi connectivity index (χ4v) is 5.70. The Morgan fingerprint density at radius 3 is 2.57 bits per heavy atom. The molecule has 4 rings (SSSR count). The van der Waals surface area contributed by atoms with Gasteiger partial charge in [0.1, 0.15) is 12.0 Å². The van der Waals surface area contributed by atoms with Gasteiger partial charge in [-0.1, -0.05) is 13.8 Å². The number of hydrogen-bond donors (Lipinski definition) is 0. The molecule has 0 saturated carbocycles. The molecule has 0 saturated heterocycles. The largest absolute Gasteiger partial charge is 0.248 e.